The van der Waals surface area contributed by atoms with Gasteiger partial charge in [0, 0.05) is 62.9 Å². The maximum Gasteiger partial charge on any atom is 0.318 e. The molecule has 0 atom stereocenters. The smallest absolute Gasteiger partial charge is 0.318 e. The predicted molar refractivity (Wildman–Crippen MR) is 95.0 cm³/mol. The molecule has 26 heavy (non-hydrogen) atoms. The Morgan fingerprint density at radius 3 is 2.54 bits per heavy atom. The normalized spacial score (nSPS) is 14.7. The van der Waals surface area contributed by atoms with Gasteiger partial charge >= 0.3 is 6.01 Å². The predicted octanol–water partition coefficient (Wildman–Crippen LogP) is 1.90. The summed E-state index contributed by atoms with van der Waals surface area (Å²) in [6, 6.07) is 3.94. The molecule has 0 bridgehead atoms. The van der Waals surface area contributed by atoms with Crippen LogP contribution in [0.25, 0.3) is 0 Å². The molecule has 8 heteroatoms. The van der Waals surface area contributed by atoms with Crippen molar-refractivity contribution >= 4 is 17.7 Å². The van der Waals surface area contributed by atoms with Crippen molar-refractivity contribution in [2.75, 3.05) is 31.1 Å². The van der Waals surface area contributed by atoms with Crippen LogP contribution < -0.4 is 4.90 Å². The minimum absolute atomic E-state index is 0.00436. The van der Waals surface area contributed by atoms with Crippen LogP contribution in [0.15, 0.2) is 28.9 Å². The van der Waals surface area contributed by atoms with E-state index in [1.54, 1.807) is 23.2 Å². The van der Waals surface area contributed by atoms with Crippen molar-refractivity contribution in [2.45, 2.75) is 32.6 Å². The molecule has 0 aliphatic carbocycles. The molecule has 138 valence electrons. The number of pyridine rings is 1. The van der Waals surface area contributed by atoms with Gasteiger partial charge in [-0.1, -0.05) is 18.9 Å². The second kappa shape index (κ2) is 8.07. The van der Waals surface area contributed by atoms with E-state index < -0.39 is 0 Å². The van der Waals surface area contributed by atoms with Gasteiger partial charge in [0.15, 0.2) is 5.78 Å². The van der Waals surface area contributed by atoms with E-state index in [-0.39, 0.29) is 30.4 Å². The van der Waals surface area contributed by atoms with Gasteiger partial charge in [0.25, 0.3) is 0 Å². The Balaban J connectivity index is 1.46. The quantitative estimate of drug-likeness (QED) is 0.729. The number of hydrogen-bond donors (Lipinski definition) is 0. The van der Waals surface area contributed by atoms with Crippen molar-refractivity contribution in [1.29, 1.82) is 0 Å². The first kappa shape index (κ1) is 18.0. The average Bonchev–Trinajstić information content (AvgIpc) is 3.17. The summed E-state index contributed by atoms with van der Waals surface area (Å²) in [5.74, 6) is 0.747. The zero-order valence-electron chi connectivity index (χ0n) is 15.1. The van der Waals surface area contributed by atoms with Gasteiger partial charge in [-0.15, -0.1) is 5.10 Å². The fourth-order valence-electron chi connectivity index (χ4n) is 2.79. The molecule has 1 amide bonds. The molecule has 1 saturated heterocycles. The Kier molecular flexibility index (Phi) is 5.60. The van der Waals surface area contributed by atoms with Crippen molar-refractivity contribution in [3.8, 4) is 0 Å². The number of hydrogen-bond acceptors (Lipinski definition) is 7. The summed E-state index contributed by atoms with van der Waals surface area (Å²) >= 11 is 0. The summed E-state index contributed by atoms with van der Waals surface area (Å²) < 4.78 is 5.66. The number of carbonyl (C=O) groups excluding carboxylic acids is 2. The third-order valence-corrected chi connectivity index (χ3v) is 4.38. The van der Waals surface area contributed by atoms with E-state index in [2.05, 4.69) is 15.2 Å². The van der Waals surface area contributed by atoms with Gasteiger partial charge in [0.05, 0.1) is 0 Å². The molecule has 3 rings (SSSR count). The second-order valence-electron chi connectivity index (χ2n) is 6.61. The Labute approximate surface area is 152 Å². The van der Waals surface area contributed by atoms with E-state index in [1.165, 1.54) is 6.20 Å². The third-order valence-electron chi connectivity index (χ3n) is 4.38. The molecule has 0 N–H and O–H groups in total. The zero-order valence-corrected chi connectivity index (χ0v) is 15.1. The highest BCUT2D eigenvalue weighted by atomic mass is 16.4. The van der Waals surface area contributed by atoms with E-state index in [0.29, 0.717) is 43.6 Å². The lowest BCUT2D eigenvalue weighted by atomic mass is 10.1. The van der Waals surface area contributed by atoms with E-state index in [0.717, 1.165) is 0 Å². The van der Waals surface area contributed by atoms with Crippen LogP contribution in [0, 0.1) is 0 Å². The second-order valence-corrected chi connectivity index (χ2v) is 6.61. The number of Topliss-reactive ketones (excluding diaryl/α,β-unsaturated/α-hetero) is 1. The van der Waals surface area contributed by atoms with E-state index in [9.17, 15) is 9.59 Å². The number of rotatable bonds is 6. The molecular weight excluding hydrogens is 334 g/mol. The molecule has 0 unspecified atom stereocenters. The largest absolute Gasteiger partial charge is 0.408 e. The van der Waals surface area contributed by atoms with Crippen LogP contribution in [-0.4, -0.2) is 58.0 Å². The van der Waals surface area contributed by atoms with Crippen LogP contribution >= 0.6 is 0 Å². The standard InChI is InChI=1S/C18H23N5O3/c1-13(2)17-20-21-18(26-17)23-10-8-22(9-11-23)16(25)6-5-15(24)14-4-3-7-19-12-14/h3-4,7,12-13H,5-6,8-11H2,1-2H3. The Morgan fingerprint density at radius 2 is 1.92 bits per heavy atom. The van der Waals surface area contributed by atoms with E-state index in [4.69, 9.17) is 4.42 Å². The van der Waals surface area contributed by atoms with Gasteiger partial charge in [-0.05, 0) is 12.1 Å². The van der Waals surface area contributed by atoms with Crippen molar-refractivity contribution in [1.82, 2.24) is 20.1 Å². The van der Waals surface area contributed by atoms with Crippen molar-refractivity contribution in [3.05, 3.63) is 36.0 Å². The highest BCUT2D eigenvalue weighted by molar-refractivity contribution is 5.97. The van der Waals surface area contributed by atoms with Crippen LogP contribution in [-0.2, 0) is 4.79 Å². The number of ketones is 1. The van der Waals surface area contributed by atoms with Gasteiger partial charge < -0.3 is 14.2 Å². The molecule has 1 aliphatic heterocycles. The van der Waals surface area contributed by atoms with Crippen molar-refractivity contribution in [2.24, 2.45) is 0 Å². The molecule has 0 spiro atoms. The number of amides is 1. The van der Waals surface area contributed by atoms with Crippen LogP contribution in [0.2, 0.25) is 0 Å². The van der Waals surface area contributed by atoms with Crippen LogP contribution in [0.1, 0.15) is 48.9 Å². The summed E-state index contributed by atoms with van der Waals surface area (Å²) in [6.45, 7) is 6.45. The fraction of sp³-hybridized carbons (Fsp3) is 0.500. The lowest BCUT2D eigenvalue weighted by molar-refractivity contribution is -0.131. The summed E-state index contributed by atoms with van der Waals surface area (Å²) in [5.41, 5.74) is 0.544. The zero-order chi connectivity index (χ0) is 18.5. The maximum absolute atomic E-state index is 12.4. The summed E-state index contributed by atoms with van der Waals surface area (Å²) in [7, 11) is 0. The van der Waals surface area contributed by atoms with Crippen LogP contribution in [0.4, 0.5) is 6.01 Å². The first-order chi connectivity index (χ1) is 12.5. The fourth-order valence-corrected chi connectivity index (χ4v) is 2.79. The summed E-state index contributed by atoms with van der Waals surface area (Å²) in [6.07, 6.45) is 3.56. The lowest BCUT2D eigenvalue weighted by Crippen LogP contribution is -2.49. The molecule has 0 saturated carbocycles. The molecule has 3 heterocycles. The van der Waals surface area contributed by atoms with E-state index >= 15 is 0 Å². The minimum Gasteiger partial charge on any atom is -0.408 e. The lowest BCUT2D eigenvalue weighted by Gasteiger charge is -2.33. The van der Waals surface area contributed by atoms with E-state index in [1.807, 2.05) is 18.7 Å². The topological polar surface area (TPSA) is 92.4 Å². The average molecular weight is 357 g/mol. The van der Waals surface area contributed by atoms with Gasteiger partial charge in [-0.2, -0.15) is 0 Å². The highest BCUT2D eigenvalue weighted by Gasteiger charge is 2.25. The summed E-state index contributed by atoms with van der Waals surface area (Å²) in [4.78, 5) is 32.1. The minimum atomic E-state index is -0.0582. The SMILES string of the molecule is CC(C)c1nnc(N2CCN(C(=O)CCC(=O)c3cccnc3)CC2)o1. The van der Waals surface area contributed by atoms with Gasteiger partial charge in [0.2, 0.25) is 11.8 Å². The molecule has 1 fully saturated rings. The van der Waals surface area contributed by atoms with Crippen molar-refractivity contribution < 1.29 is 14.0 Å². The Bertz CT molecular complexity index is 751. The van der Waals surface area contributed by atoms with Gasteiger partial charge in [0.1, 0.15) is 0 Å². The number of anilines is 1. The molecule has 8 nitrogen and oxygen atoms in total. The number of piperazine rings is 1. The monoisotopic (exact) mass is 357 g/mol. The Hall–Kier alpha value is -2.77. The third kappa shape index (κ3) is 4.25. The highest BCUT2D eigenvalue weighted by Crippen LogP contribution is 2.19. The van der Waals surface area contributed by atoms with Crippen LogP contribution in [0.5, 0.6) is 0 Å². The first-order valence-corrected chi connectivity index (χ1v) is 8.84. The van der Waals surface area contributed by atoms with Gasteiger partial charge in [-0.3, -0.25) is 14.6 Å². The molecular formula is C18H23N5O3. The number of aromatic nitrogens is 3. The number of nitrogens with zero attached hydrogens (tertiary/aromatic N) is 5. The summed E-state index contributed by atoms with van der Waals surface area (Å²) in [5, 5.41) is 8.12. The molecule has 0 radical (unpaired) electrons. The Morgan fingerprint density at radius 1 is 1.15 bits per heavy atom. The van der Waals surface area contributed by atoms with Crippen LogP contribution in [0.3, 0.4) is 0 Å². The molecule has 2 aromatic heterocycles. The number of carbonyl (C=O) groups is 2. The maximum atomic E-state index is 12.4. The molecule has 0 aromatic carbocycles. The first-order valence-electron chi connectivity index (χ1n) is 8.84. The van der Waals surface area contributed by atoms with Crippen molar-refractivity contribution in [3.63, 3.8) is 0 Å². The molecule has 2 aromatic rings. The molecule has 1 aliphatic rings. The van der Waals surface area contributed by atoms with Gasteiger partial charge in [-0.25, -0.2) is 0 Å².